The predicted molar refractivity (Wildman–Crippen MR) is 105 cm³/mol. The van der Waals surface area contributed by atoms with Crippen molar-refractivity contribution in [3.05, 3.63) is 23.8 Å². The molecule has 1 aliphatic rings. The molecule has 0 aliphatic carbocycles. The molecule has 27 heavy (non-hydrogen) atoms. The molecule has 1 aromatic rings. The van der Waals surface area contributed by atoms with E-state index in [0.717, 1.165) is 5.56 Å². The number of carbonyl (C=O) groups is 2. The van der Waals surface area contributed by atoms with Crippen LogP contribution in [0, 0.1) is 17.3 Å². The second-order valence-corrected chi connectivity index (χ2v) is 8.22. The number of nitrogens with zero attached hydrogens (tertiary/aromatic N) is 1. The van der Waals surface area contributed by atoms with Crippen LogP contribution in [-0.4, -0.2) is 37.8 Å². The van der Waals surface area contributed by atoms with Crippen LogP contribution >= 0.6 is 0 Å². The molecule has 1 aromatic carbocycles. The maximum Gasteiger partial charge on any atom is 0.407 e. The first-order valence-electron chi connectivity index (χ1n) is 9.00. The molecule has 2 amide bonds. The topological polar surface area (TPSA) is 67.9 Å². The van der Waals surface area contributed by atoms with E-state index in [1.165, 1.54) is 0 Å². The molecule has 0 fully saturated rings. The van der Waals surface area contributed by atoms with Crippen LogP contribution in [0.4, 0.5) is 10.5 Å². The average molecular weight is 372 g/mol. The second-order valence-electron chi connectivity index (χ2n) is 8.22. The van der Waals surface area contributed by atoms with Gasteiger partial charge in [-0.1, -0.05) is 11.8 Å². The van der Waals surface area contributed by atoms with E-state index in [1.54, 1.807) is 11.9 Å². The Hall–Kier alpha value is -2.68. The van der Waals surface area contributed by atoms with E-state index in [0.29, 0.717) is 31.0 Å². The van der Waals surface area contributed by atoms with Crippen LogP contribution in [0.2, 0.25) is 0 Å². The van der Waals surface area contributed by atoms with Gasteiger partial charge in [-0.05, 0) is 52.8 Å². The largest absolute Gasteiger partial charge is 0.491 e. The summed E-state index contributed by atoms with van der Waals surface area (Å²) in [6.07, 6.45) is -0.102. The van der Waals surface area contributed by atoms with Crippen LogP contribution in [-0.2, 0) is 9.53 Å². The molecular weight excluding hydrogens is 344 g/mol. The number of nitrogens with one attached hydrogen (secondary N) is 1. The zero-order valence-corrected chi connectivity index (χ0v) is 16.9. The summed E-state index contributed by atoms with van der Waals surface area (Å²) in [6, 6.07) is 5.55. The van der Waals surface area contributed by atoms with Gasteiger partial charge in [-0.2, -0.15) is 0 Å². The monoisotopic (exact) mass is 372 g/mol. The van der Waals surface area contributed by atoms with Gasteiger partial charge in [0.2, 0.25) is 5.91 Å². The summed E-state index contributed by atoms with van der Waals surface area (Å²) >= 11 is 0. The van der Waals surface area contributed by atoms with Gasteiger partial charge in [0.1, 0.15) is 11.4 Å². The number of hydrogen-bond donors (Lipinski definition) is 1. The molecule has 6 nitrogen and oxygen atoms in total. The third kappa shape index (κ3) is 6.21. The molecule has 0 radical (unpaired) electrons. The minimum Gasteiger partial charge on any atom is -0.491 e. The Bertz CT molecular complexity index is 782. The van der Waals surface area contributed by atoms with E-state index in [1.807, 2.05) is 52.8 Å². The first-order chi connectivity index (χ1) is 12.5. The van der Waals surface area contributed by atoms with Crippen molar-refractivity contribution in [1.82, 2.24) is 5.32 Å². The number of amides is 2. The molecule has 6 heteroatoms. The average Bonchev–Trinajstić information content (AvgIpc) is 2.69. The van der Waals surface area contributed by atoms with E-state index in [4.69, 9.17) is 9.47 Å². The highest BCUT2D eigenvalue weighted by Gasteiger charge is 2.21. The van der Waals surface area contributed by atoms with E-state index >= 15 is 0 Å². The van der Waals surface area contributed by atoms with Gasteiger partial charge in [-0.25, -0.2) is 4.79 Å². The Labute approximate surface area is 161 Å². The molecule has 0 atom stereocenters. The van der Waals surface area contributed by atoms with Crippen molar-refractivity contribution in [2.75, 3.05) is 25.1 Å². The summed E-state index contributed by atoms with van der Waals surface area (Å²) in [6.45, 7) is 10.1. The fourth-order valence-corrected chi connectivity index (χ4v) is 2.42. The maximum absolute atomic E-state index is 12.0. The summed E-state index contributed by atoms with van der Waals surface area (Å²) in [5.74, 6) is 7.00. The fourth-order valence-electron chi connectivity index (χ4n) is 2.42. The summed E-state index contributed by atoms with van der Waals surface area (Å²) in [5, 5.41) is 2.75. The van der Waals surface area contributed by atoms with Gasteiger partial charge < -0.3 is 19.7 Å². The van der Waals surface area contributed by atoms with Crippen LogP contribution < -0.4 is 15.0 Å². The lowest BCUT2D eigenvalue weighted by molar-refractivity contribution is -0.118. The van der Waals surface area contributed by atoms with Gasteiger partial charge in [0, 0.05) is 24.6 Å². The minimum absolute atomic E-state index is 0.0146. The SMILES string of the molecule is CN1C(=O)CCOc2ccc(C#CC(C)(C)CNC(=O)OC(C)(C)C)cc21. The Kier molecular flexibility index (Phi) is 6.04. The number of ether oxygens (including phenoxy) is 2. The lowest BCUT2D eigenvalue weighted by Gasteiger charge is -2.22. The summed E-state index contributed by atoms with van der Waals surface area (Å²) < 4.78 is 10.9. The van der Waals surface area contributed by atoms with Crippen molar-refractivity contribution in [3.8, 4) is 17.6 Å². The van der Waals surface area contributed by atoms with Gasteiger partial charge in [-0.3, -0.25) is 4.79 Å². The zero-order valence-electron chi connectivity index (χ0n) is 16.9. The number of fused-ring (bicyclic) bond motifs is 1. The van der Waals surface area contributed by atoms with Crippen LogP contribution in [0.5, 0.6) is 5.75 Å². The lowest BCUT2D eigenvalue weighted by atomic mass is 9.94. The summed E-state index contributed by atoms with van der Waals surface area (Å²) in [5.41, 5.74) is 0.521. The van der Waals surface area contributed by atoms with Crippen LogP contribution in [0.3, 0.4) is 0 Å². The number of hydrogen-bond acceptors (Lipinski definition) is 4. The lowest BCUT2D eigenvalue weighted by Crippen LogP contribution is -2.37. The molecule has 0 spiro atoms. The van der Waals surface area contributed by atoms with Crippen LogP contribution in [0.15, 0.2) is 18.2 Å². The van der Waals surface area contributed by atoms with Crippen molar-refractivity contribution in [2.24, 2.45) is 5.41 Å². The molecule has 1 aliphatic heterocycles. The smallest absolute Gasteiger partial charge is 0.407 e. The molecule has 0 unspecified atom stereocenters. The standard InChI is InChI=1S/C21H28N2O4/c1-20(2,3)27-19(25)22-14-21(4,5)11-9-15-7-8-17-16(13-15)23(6)18(24)10-12-26-17/h7-8,13H,10,12,14H2,1-6H3,(H,22,25). The number of anilines is 1. The Morgan fingerprint density at radius 2 is 2.00 bits per heavy atom. The Balaban J connectivity index is 2.09. The normalized spacial score (nSPS) is 14.3. The molecule has 2 rings (SSSR count). The molecule has 1 N–H and O–H groups in total. The highest BCUT2D eigenvalue weighted by Crippen LogP contribution is 2.31. The summed E-state index contributed by atoms with van der Waals surface area (Å²) in [4.78, 5) is 25.4. The van der Waals surface area contributed by atoms with Gasteiger partial charge in [0.05, 0.1) is 18.7 Å². The fraction of sp³-hybridized carbons (Fsp3) is 0.524. The van der Waals surface area contributed by atoms with Crippen molar-refractivity contribution in [3.63, 3.8) is 0 Å². The molecule has 0 aromatic heterocycles. The third-order valence-electron chi connectivity index (χ3n) is 3.89. The molecule has 0 saturated heterocycles. The molecule has 0 bridgehead atoms. The van der Waals surface area contributed by atoms with Crippen molar-refractivity contribution in [1.29, 1.82) is 0 Å². The first-order valence-corrected chi connectivity index (χ1v) is 9.00. The van der Waals surface area contributed by atoms with Gasteiger partial charge >= 0.3 is 6.09 Å². The molecule has 1 heterocycles. The molecule has 146 valence electrons. The van der Waals surface area contributed by atoms with E-state index < -0.39 is 17.1 Å². The van der Waals surface area contributed by atoms with Gasteiger partial charge in [0.15, 0.2) is 0 Å². The highest BCUT2D eigenvalue weighted by molar-refractivity contribution is 5.95. The van der Waals surface area contributed by atoms with Crippen LogP contribution in [0.1, 0.15) is 46.6 Å². The minimum atomic E-state index is -0.534. The van der Waals surface area contributed by atoms with E-state index in [9.17, 15) is 9.59 Å². The quantitative estimate of drug-likeness (QED) is 0.809. The van der Waals surface area contributed by atoms with Crippen LogP contribution in [0.25, 0.3) is 0 Å². The maximum atomic E-state index is 12.0. The van der Waals surface area contributed by atoms with Crippen molar-refractivity contribution < 1.29 is 19.1 Å². The zero-order chi connectivity index (χ0) is 20.2. The molecule has 0 saturated carbocycles. The second kappa shape index (κ2) is 7.91. The first kappa shape index (κ1) is 20.6. The number of rotatable bonds is 2. The highest BCUT2D eigenvalue weighted by atomic mass is 16.6. The Morgan fingerprint density at radius 1 is 1.30 bits per heavy atom. The Morgan fingerprint density at radius 3 is 2.67 bits per heavy atom. The summed E-state index contributed by atoms with van der Waals surface area (Å²) in [7, 11) is 1.74. The van der Waals surface area contributed by atoms with Gasteiger partial charge in [-0.15, -0.1) is 0 Å². The predicted octanol–water partition coefficient (Wildman–Crippen LogP) is 3.33. The number of carbonyl (C=O) groups excluding carboxylic acids is 2. The number of alkyl carbamates (subject to hydrolysis) is 1. The number of benzene rings is 1. The van der Waals surface area contributed by atoms with Crippen molar-refractivity contribution in [2.45, 2.75) is 46.6 Å². The van der Waals surface area contributed by atoms with E-state index in [-0.39, 0.29) is 5.91 Å². The van der Waals surface area contributed by atoms with Gasteiger partial charge in [0.25, 0.3) is 0 Å². The molecular formula is C21H28N2O4. The van der Waals surface area contributed by atoms with Crippen molar-refractivity contribution >= 4 is 17.7 Å². The third-order valence-corrected chi connectivity index (χ3v) is 3.89. The van der Waals surface area contributed by atoms with E-state index in [2.05, 4.69) is 17.2 Å².